The van der Waals surface area contributed by atoms with Crippen molar-refractivity contribution >= 4 is 24.6 Å². The monoisotopic (exact) mass is 202 g/mol. The topological polar surface area (TPSA) is 40.6 Å². The second-order valence-corrected chi connectivity index (χ2v) is 4.09. The molecule has 0 aromatic rings. The predicted molar refractivity (Wildman–Crippen MR) is 52.5 cm³/mol. The van der Waals surface area contributed by atoms with Crippen molar-refractivity contribution in [1.82, 2.24) is 9.80 Å². The maximum Gasteiger partial charge on any atom is 0.327 e. The van der Waals surface area contributed by atoms with Crippen molar-refractivity contribution in [3.8, 4) is 0 Å². The highest BCUT2D eigenvalue weighted by molar-refractivity contribution is 7.81. The van der Waals surface area contributed by atoms with Crippen LogP contribution in [0.5, 0.6) is 0 Å². The van der Waals surface area contributed by atoms with Crippen molar-refractivity contribution in [3.63, 3.8) is 0 Å². The minimum atomic E-state index is -0.597. The average molecular weight is 202 g/mol. The first-order valence-electron chi connectivity index (χ1n) is 4.21. The zero-order valence-corrected chi connectivity index (χ0v) is 8.91. The number of likely N-dealkylation sites (N-methyl/N-ethyl adjacent to an activating group) is 1. The lowest BCUT2D eigenvalue weighted by molar-refractivity contribution is -0.125. The van der Waals surface area contributed by atoms with Gasteiger partial charge in [0.15, 0.2) is 5.37 Å². The highest BCUT2D eigenvalue weighted by atomic mass is 32.1. The van der Waals surface area contributed by atoms with Crippen LogP contribution in [0.1, 0.15) is 13.8 Å². The Bertz CT molecular complexity index is 242. The molecule has 0 saturated carbocycles. The molecule has 0 radical (unpaired) electrons. The molecule has 1 heterocycles. The van der Waals surface area contributed by atoms with Crippen LogP contribution in [0.15, 0.2) is 0 Å². The fraction of sp³-hybridized carbons (Fsp3) is 0.750. The Kier molecular flexibility index (Phi) is 2.85. The van der Waals surface area contributed by atoms with E-state index in [1.165, 1.54) is 11.9 Å². The van der Waals surface area contributed by atoms with Crippen LogP contribution >= 0.6 is 12.6 Å². The molecule has 1 atom stereocenters. The summed E-state index contributed by atoms with van der Waals surface area (Å²) in [5.41, 5.74) is 0. The summed E-state index contributed by atoms with van der Waals surface area (Å²) in [5.74, 6) is 0.104. The Morgan fingerprint density at radius 2 is 2.00 bits per heavy atom. The summed E-state index contributed by atoms with van der Waals surface area (Å²) in [7, 11) is 1.48. The maximum atomic E-state index is 11.4. The Labute approximate surface area is 83.3 Å². The molecule has 1 saturated heterocycles. The second-order valence-electron chi connectivity index (χ2n) is 3.60. The summed E-state index contributed by atoms with van der Waals surface area (Å²) >= 11 is 4.09. The molecule has 0 aliphatic carbocycles. The van der Waals surface area contributed by atoms with Crippen LogP contribution in [0.25, 0.3) is 0 Å². The minimum Gasteiger partial charge on any atom is -0.303 e. The van der Waals surface area contributed by atoms with Crippen LogP contribution in [-0.4, -0.2) is 40.7 Å². The van der Waals surface area contributed by atoms with Crippen LogP contribution < -0.4 is 0 Å². The molecule has 1 rings (SSSR count). The number of imide groups is 1. The molecule has 1 aliphatic heterocycles. The van der Waals surface area contributed by atoms with Crippen molar-refractivity contribution in [2.75, 3.05) is 13.6 Å². The van der Waals surface area contributed by atoms with Gasteiger partial charge in [0.25, 0.3) is 5.91 Å². The number of amides is 3. The minimum absolute atomic E-state index is 0.242. The van der Waals surface area contributed by atoms with E-state index in [2.05, 4.69) is 12.6 Å². The summed E-state index contributed by atoms with van der Waals surface area (Å²) in [4.78, 5) is 25.3. The molecular weight excluding hydrogens is 188 g/mol. The first kappa shape index (κ1) is 10.4. The Morgan fingerprint density at radius 1 is 1.46 bits per heavy atom. The molecule has 1 aliphatic rings. The number of carbonyl (C=O) groups is 2. The summed E-state index contributed by atoms with van der Waals surface area (Å²) in [5, 5.41) is -0.597. The van der Waals surface area contributed by atoms with Gasteiger partial charge < -0.3 is 4.90 Å². The van der Waals surface area contributed by atoms with Crippen LogP contribution in [0.4, 0.5) is 4.79 Å². The average Bonchev–Trinajstić information content (AvgIpc) is 2.22. The standard InChI is InChI=1S/C8H14N2O2S/c1-5(2)4-10-7(13)6(11)9(3)8(10)12/h5,7,13H,4H2,1-3H3. The number of nitrogens with zero attached hydrogens (tertiary/aromatic N) is 2. The van der Waals surface area contributed by atoms with E-state index in [1.54, 1.807) is 0 Å². The van der Waals surface area contributed by atoms with Crippen molar-refractivity contribution in [1.29, 1.82) is 0 Å². The van der Waals surface area contributed by atoms with Gasteiger partial charge in [0.2, 0.25) is 0 Å². The number of rotatable bonds is 2. The highest BCUT2D eigenvalue weighted by Gasteiger charge is 2.40. The second kappa shape index (κ2) is 3.57. The van der Waals surface area contributed by atoms with Gasteiger partial charge in [0, 0.05) is 13.6 Å². The molecule has 0 bridgehead atoms. The van der Waals surface area contributed by atoms with E-state index in [-0.39, 0.29) is 11.9 Å². The smallest absolute Gasteiger partial charge is 0.303 e. The van der Waals surface area contributed by atoms with Gasteiger partial charge in [-0.2, -0.15) is 0 Å². The lowest BCUT2D eigenvalue weighted by Crippen LogP contribution is -2.34. The summed E-state index contributed by atoms with van der Waals surface area (Å²) < 4.78 is 0. The van der Waals surface area contributed by atoms with Crippen LogP contribution in [0, 0.1) is 5.92 Å². The quantitative estimate of drug-likeness (QED) is 0.531. The van der Waals surface area contributed by atoms with Gasteiger partial charge in [-0.25, -0.2) is 4.79 Å². The molecule has 1 fully saturated rings. The molecule has 0 aromatic heterocycles. The molecule has 13 heavy (non-hydrogen) atoms. The highest BCUT2D eigenvalue weighted by Crippen LogP contribution is 2.19. The van der Waals surface area contributed by atoms with Gasteiger partial charge in [0.1, 0.15) is 0 Å². The molecule has 3 amide bonds. The molecule has 0 aromatic carbocycles. The predicted octanol–water partition coefficient (Wildman–Crippen LogP) is 0.792. The van der Waals surface area contributed by atoms with Gasteiger partial charge in [-0.15, -0.1) is 12.6 Å². The van der Waals surface area contributed by atoms with Gasteiger partial charge >= 0.3 is 6.03 Å². The van der Waals surface area contributed by atoms with Crippen molar-refractivity contribution < 1.29 is 9.59 Å². The fourth-order valence-electron chi connectivity index (χ4n) is 1.27. The van der Waals surface area contributed by atoms with E-state index in [4.69, 9.17) is 0 Å². The molecule has 5 heteroatoms. The largest absolute Gasteiger partial charge is 0.327 e. The Morgan fingerprint density at radius 3 is 2.31 bits per heavy atom. The summed E-state index contributed by atoms with van der Waals surface area (Å²) in [6.45, 7) is 4.57. The van der Waals surface area contributed by atoms with Crippen LogP contribution in [-0.2, 0) is 4.79 Å². The number of urea groups is 1. The summed E-state index contributed by atoms with van der Waals surface area (Å²) in [6, 6.07) is -0.251. The number of carbonyl (C=O) groups excluding carboxylic acids is 2. The van der Waals surface area contributed by atoms with Gasteiger partial charge in [-0.3, -0.25) is 9.69 Å². The molecule has 0 spiro atoms. The van der Waals surface area contributed by atoms with Crippen molar-refractivity contribution in [3.05, 3.63) is 0 Å². The Balaban J connectivity index is 2.75. The molecule has 0 N–H and O–H groups in total. The van der Waals surface area contributed by atoms with E-state index >= 15 is 0 Å². The lowest BCUT2D eigenvalue weighted by Gasteiger charge is -2.19. The third-order valence-corrected chi connectivity index (χ3v) is 2.44. The van der Waals surface area contributed by atoms with Crippen molar-refractivity contribution in [2.45, 2.75) is 19.2 Å². The first-order valence-corrected chi connectivity index (χ1v) is 4.73. The van der Waals surface area contributed by atoms with E-state index in [0.717, 1.165) is 4.90 Å². The normalized spacial score (nSPS) is 23.6. The van der Waals surface area contributed by atoms with Crippen molar-refractivity contribution in [2.24, 2.45) is 5.92 Å². The van der Waals surface area contributed by atoms with Gasteiger partial charge in [-0.1, -0.05) is 13.8 Å². The van der Waals surface area contributed by atoms with E-state index in [9.17, 15) is 9.59 Å². The zero-order chi connectivity index (χ0) is 10.2. The van der Waals surface area contributed by atoms with E-state index < -0.39 is 5.37 Å². The Hall–Kier alpha value is -0.710. The third kappa shape index (κ3) is 1.80. The number of hydrogen-bond donors (Lipinski definition) is 1. The lowest BCUT2D eigenvalue weighted by atomic mass is 10.2. The molecule has 1 unspecified atom stereocenters. The first-order chi connectivity index (χ1) is 5.95. The SMILES string of the molecule is CC(C)CN1C(=O)N(C)C(=O)C1S. The molecule has 4 nitrogen and oxygen atoms in total. The summed E-state index contributed by atoms with van der Waals surface area (Å²) in [6.07, 6.45) is 0. The van der Waals surface area contributed by atoms with E-state index in [1.807, 2.05) is 13.8 Å². The maximum absolute atomic E-state index is 11.4. The number of thiol groups is 1. The molecule has 74 valence electrons. The fourth-order valence-corrected chi connectivity index (χ4v) is 1.64. The van der Waals surface area contributed by atoms with Crippen LogP contribution in [0.3, 0.4) is 0 Å². The van der Waals surface area contributed by atoms with Gasteiger partial charge in [-0.05, 0) is 5.92 Å². The zero-order valence-electron chi connectivity index (χ0n) is 8.02. The third-order valence-electron chi connectivity index (χ3n) is 1.94. The van der Waals surface area contributed by atoms with Crippen LogP contribution in [0.2, 0.25) is 0 Å². The number of hydrogen-bond acceptors (Lipinski definition) is 3. The van der Waals surface area contributed by atoms with E-state index in [0.29, 0.717) is 12.5 Å². The van der Waals surface area contributed by atoms with Gasteiger partial charge in [0.05, 0.1) is 0 Å². The molecular formula is C8H14N2O2S.